The molecule has 0 spiro atoms. The van der Waals surface area contributed by atoms with E-state index in [2.05, 4.69) is 83.4 Å². The lowest BCUT2D eigenvalue weighted by atomic mass is 9.72. The Morgan fingerprint density at radius 2 is 1.95 bits per heavy atom. The van der Waals surface area contributed by atoms with Crippen LogP contribution >= 0.6 is 0 Å². The first-order chi connectivity index (χ1) is 10.4. The molecular formula is C21H32N. The number of rotatable bonds is 6. The highest BCUT2D eigenvalue weighted by molar-refractivity contribution is 5.37. The van der Waals surface area contributed by atoms with Crippen LogP contribution in [0.2, 0.25) is 0 Å². The molecule has 121 valence electrons. The molecule has 0 aromatic heterocycles. The normalized spacial score (nSPS) is 20.5. The summed E-state index contributed by atoms with van der Waals surface area (Å²) in [5, 5.41) is 2.87. The number of hydrogen-bond acceptors (Lipinski definition) is 1. The van der Waals surface area contributed by atoms with Crippen molar-refractivity contribution in [2.45, 2.75) is 53.9 Å². The van der Waals surface area contributed by atoms with Crippen molar-refractivity contribution in [1.29, 1.82) is 0 Å². The minimum absolute atomic E-state index is 0.315. The molecule has 0 fully saturated rings. The van der Waals surface area contributed by atoms with Gasteiger partial charge in [-0.3, -0.25) is 0 Å². The quantitative estimate of drug-likeness (QED) is 0.602. The zero-order chi connectivity index (χ0) is 16.6. The van der Waals surface area contributed by atoms with Crippen LogP contribution in [-0.2, 0) is 0 Å². The summed E-state index contributed by atoms with van der Waals surface area (Å²) in [4.78, 5) is 0. The molecule has 22 heavy (non-hydrogen) atoms. The van der Waals surface area contributed by atoms with Crippen LogP contribution in [0, 0.1) is 12.5 Å². The largest absolute Gasteiger partial charge is 0.312 e. The molecule has 0 aliphatic heterocycles. The molecule has 1 N–H and O–H groups in total. The van der Waals surface area contributed by atoms with E-state index >= 15 is 0 Å². The van der Waals surface area contributed by atoms with Gasteiger partial charge in [0.25, 0.3) is 0 Å². The second-order valence-electron chi connectivity index (χ2n) is 6.94. The molecule has 1 rings (SSSR count). The van der Waals surface area contributed by atoms with Gasteiger partial charge in [-0.25, -0.2) is 0 Å². The molecule has 1 heteroatoms. The molecule has 0 saturated heterocycles. The monoisotopic (exact) mass is 298 g/mol. The van der Waals surface area contributed by atoms with Gasteiger partial charge in [0.1, 0.15) is 0 Å². The van der Waals surface area contributed by atoms with Crippen molar-refractivity contribution in [3.63, 3.8) is 0 Å². The van der Waals surface area contributed by atoms with E-state index in [0.717, 1.165) is 6.54 Å². The first-order valence-corrected chi connectivity index (χ1v) is 8.27. The van der Waals surface area contributed by atoms with Crippen molar-refractivity contribution in [3.8, 4) is 0 Å². The van der Waals surface area contributed by atoms with Crippen molar-refractivity contribution in [2.75, 3.05) is 6.54 Å². The lowest BCUT2D eigenvalue weighted by molar-refractivity contribution is 0.377. The van der Waals surface area contributed by atoms with Crippen LogP contribution in [0.4, 0.5) is 0 Å². The Hall–Kier alpha value is -1.34. The highest BCUT2D eigenvalue weighted by atomic mass is 14.8. The summed E-state index contributed by atoms with van der Waals surface area (Å²) in [5.74, 6) is 0. The van der Waals surface area contributed by atoms with Crippen LogP contribution in [0.25, 0.3) is 0 Å². The summed E-state index contributed by atoms with van der Waals surface area (Å²) in [6.45, 7) is 12.1. The second kappa shape index (κ2) is 8.95. The predicted molar refractivity (Wildman–Crippen MR) is 99.5 cm³/mol. The highest BCUT2D eigenvalue weighted by Gasteiger charge is 2.26. The average molecular weight is 298 g/mol. The van der Waals surface area contributed by atoms with Crippen LogP contribution in [0.15, 0.2) is 58.7 Å². The highest BCUT2D eigenvalue weighted by Crippen LogP contribution is 2.40. The van der Waals surface area contributed by atoms with E-state index < -0.39 is 0 Å². The maximum atomic E-state index is 3.61. The molecule has 0 saturated carbocycles. The Morgan fingerprint density at radius 1 is 1.23 bits per heavy atom. The summed E-state index contributed by atoms with van der Waals surface area (Å²) >= 11 is 0. The van der Waals surface area contributed by atoms with E-state index in [1.165, 1.54) is 36.0 Å². The second-order valence-corrected chi connectivity index (χ2v) is 6.94. The fourth-order valence-electron chi connectivity index (χ4n) is 2.93. The van der Waals surface area contributed by atoms with E-state index in [1.54, 1.807) is 5.57 Å². The summed E-state index contributed by atoms with van der Waals surface area (Å²) < 4.78 is 0. The fraction of sp³-hybridized carbons (Fsp3) is 0.476. The number of nitrogens with one attached hydrogen (secondary N) is 1. The zero-order valence-corrected chi connectivity index (χ0v) is 15.0. The van der Waals surface area contributed by atoms with Gasteiger partial charge < -0.3 is 5.32 Å². The molecule has 0 unspecified atom stereocenters. The Balaban J connectivity index is 2.73. The summed E-state index contributed by atoms with van der Waals surface area (Å²) in [6.07, 6.45) is 17.0. The smallest absolute Gasteiger partial charge is 0.0141 e. The lowest BCUT2D eigenvalue weighted by Gasteiger charge is -2.32. The van der Waals surface area contributed by atoms with E-state index in [-0.39, 0.29) is 0 Å². The molecule has 0 atom stereocenters. The SMILES string of the molecule is [CH2]NC/C=C(C)/C=C/C=C(C)/C=C/C1=C(C)CCCC1(C)C. The standard InChI is InChI=1S/C21H32N/c1-17(9-7-10-18(2)14-16-22-6)12-13-20-19(3)11-8-15-21(20,4)5/h7,9-10,12-14,22H,6,8,11,15-16H2,1-5H3/b10-7+,13-12+,17-9+,18-14+. The Bertz CT molecular complexity index is 510. The molecule has 0 heterocycles. The van der Waals surface area contributed by atoms with E-state index in [0.29, 0.717) is 5.41 Å². The van der Waals surface area contributed by atoms with Crippen LogP contribution < -0.4 is 5.32 Å². The Kier molecular flexibility index (Phi) is 7.61. The third-order valence-electron chi connectivity index (χ3n) is 4.34. The van der Waals surface area contributed by atoms with Gasteiger partial charge in [-0.15, -0.1) is 0 Å². The van der Waals surface area contributed by atoms with Crippen LogP contribution in [0.3, 0.4) is 0 Å². The molecule has 0 amide bonds. The van der Waals surface area contributed by atoms with Crippen LogP contribution in [0.5, 0.6) is 0 Å². The van der Waals surface area contributed by atoms with Gasteiger partial charge in [-0.05, 0) is 51.0 Å². The van der Waals surface area contributed by atoms with Gasteiger partial charge >= 0.3 is 0 Å². The third-order valence-corrected chi connectivity index (χ3v) is 4.34. The first-order valence-electron chi connectivity index (χ1n) is 8.27. The maximum absolute atomic E-state index is 3.61. The van der Waals surface area contributed by atoms with Gasteiger partial charge in [-0.1, -0.05) is 67.0 Å². The molecule has 0 aromatic carbocycles. The maximum Gasteiger partial charge on any atom is 0.0141 e. The van der Waals surface area contributed by atoms with Crippen molar-refractivity contribution in [3.05, 3.63) is 65.8 Å². The van der Waals surface area contributed by atoms with E-state index in [4.69, 9.17) is 0 Å². The lowest BCUT2D eigenvalue weighted by Crippen LogP contribution is -2.19. The molecule has 1 radical (unpaired) electrons. The molecular weight excluding hydrogens is 266 g/mol. The zero-order valence-electron chi connectivity index (χ0n) is 15.0. The molecule has 1 aliphatic rings. The van der Waals surface area contributed by atoms with Crippen molar-refractivity contribution in [2.24, 2.45) is 5.41 Å². The van der Waals surface area contributed by atoms with Gasteiger partial charge in [-0.2, -0.15) is 0 Å². The van der Waals surface area contributed by atoms with E-state index in [9.17, 15) is 0 Å². The number of hydrogen-bond donors (Lipinski definition) is 1. The van der Waals surface area contributed by atoms with Crippen molar-refractivity contribution >= 4 is 0 Å². The fourth-order valence-corrected chi connectivity index (χ4v) is 2.93. The Labute approximate surface area is 137 Å². The third kappa shape index (κ3) is 6.19. The molecule has 0 bridgehead atoms. The topological polar surface area (TPSA) is 12.0 Å². The van der Waals surface area contributed by atoms with Crippen molar-refractivity contribution < 1.29 is 0 Å². The van der Waals surface area contributed by atoms with Crippen molar-refractivity contribution in [1.82, 2.24) is 5.32 Å². The number of allylic oxidation sites excluding steroid dienone is 9. The molecule has 0 aromatic rings. The molecule has 1 aliphatic carbocycles. The van der Waals surface area contributed by atoms with E-state index in [1.807, 2.05) is 0 Å². The average Bonchev–Trinajstić information content (AvgIpc) is 2.43. The molecule has 1 nitrogen and oxygen atoms in total. The summed E-state index contributed by atoms with van der Waals surface area (Å²) in [7, 11) is 3.61. The van der Waals surface area contributed by atoms with Gasteiger partial charge in [0.15, 0.2) is 0 Å². The first kappa shape index (κ1) is 18.7. The van der Waals surface area contributed by atoms with Crippen LogP contribution in [-0.4, -0.2) is 6.54 Å². The van der Waals surface area contributed by atoms with Gasteiger partial charge in [0.05, 0.1) is 0 Å². The van der Waals surface area contributed by atoms with Crippen LogP contribution in [0.1, 0.15) is 53.9 Å². The predicted octanol–water partition coefficient (Wildman–Crippen LogP) is 5.90. The van der Waals surface area contributed by atoms with Gasteiger partial charge in [0, 0.05) is 13.6 Å². The minimum Gasteiger partial charge on any atom is -0.312 e. The summed E-state index contributed by atoms with van der Waals surface area (Å²) in [6, 6.07) is 0. The summed E-state index contributed by atoms with van der Waals surface area (Å²) in [5.41, 5.74) is 5.91. The van der Waals surface area contributed by atoms with Gasteiger partial charge in [0.2, 0.25) is 0 Å². The minimum atomic E-state index is 0.315. The Morgan fingerprint density at radius 3 is 2.59 bits per heavy atom.